The molecule has 0 bridgehead atoms. The summed E-state index contributed by atoms with van der Waals surface area (Å²) < 4.78 is 0. The minimum absolute atomic E-state index is 0.0270. The summed E-state index contributed by atoms with van der Waals surface area (Å²) in [6, 6.07) is 18.8. The molecule has 6 nitrogen and oxygen atoms in total. The summed E-state index contributed by atoms with van der Waals surface area (Å²) in [5.41, 5.74) is 3.36. The number of hydrogen-bond acceptors (Lipinski definition) is 4. The smallest absolute Gasteiger partial charge is 0.265 e. The third kappa shape index (κ3) is 4.09. The highest BCUT2D eigenvalue weighted by molar-refractivity contribution is 7.12. The molecule has 7 heteroatoms. The van der Waals surface area contributed by atoms with Crippen molar-refractivity contribution >= 4 is 39.9 Å². The highest BCUT2D eigenvalue weighted by Gasteiger charge is 2.26. The maximum absolute atomic E-state index is 12.9. The lowest BCUT2D eigenvalue weighted by Crippen LogP contribution is -2.38. The molecule has 1 saturated heterocycles. The van der Waals surface area contributed by atoms with Crippen molar-refractivity contribution in [3.05, 3.63) is 82.3 Å². The quantitative estimate of drug-likeness (QED) is 0.484. The SMILES string of the molecule is O=C(Nc1ccc(C(=O)N2CCC(c3nc4ccccc4[nH]3)CC2)cc1)c1cccs1. The number of likely N-dealkylation sites (tertiary alicyclic amines) is 1. The summed E-state index contributed by atoms with van der Waals surface area (Å²) in [5, 5.41) is 4.73. The van der Waals surface area contributed by atoms with Crippen molar-refractivity contribution in [1.82, 2.24) is 14.9 Å². The zero-order valence-electron chi connectivity index (χ0n) is 16.9. The lowest BCUT2D eigenvalue weighted by atomic mass is 9.95. The highest BCUT2D eigenvalue weighted by Crippen LogP contribution is 2.28. The molecule has 2 N–H and O–H groups in total. The van der Waals surface area contributed by atoms with Crippen LogP contribution in [0.2, 0.25) is 0 Å². The van der Waals surface area contributed by atoms with Crippen LogP contribution in [-0.2, 0) is 0 Å². The van der Waals surface area contributed by atoms with Gasteiger partial charge in [-0.05, 0) is 60.7 Å². The van der Waals surface area contributed by atoms with E-state index in [-0.39, 0.29) is 11.8 Å². The maximum atomic E-state index is 12.9. The Hall–Kier alpha value is -3.45. The fourth-order valence-corrected chi connectivity index (χ4v) is 4.62. The number of imidazole rings is 1. The summed E-state index contributed by atoms with van der Waals surface area (Å²) in [4.78, 5) is 35.8. The molecule has 5 rings (SSSR count). The molecule has 2 amide bonds. The molecule has 0 spiro atoms. The summed E-state index contributed by atoms with van der Waals surface area (Å²) in [6.45, 7) is 1.41. The molecule has 1 fully saturated rings. The first kappa shape index (κ1) is 19.5. The number of H-pyrrole nitrogens is 1. The number of para-hydroxylation sites is 2. The van der Waals surface area contributed by atoms with Gasteiger partial charge in [0.25, 0.3) is 11.8 Å². The van der Waals surface area contributed by atoms with Gasteiger partial charge in [-0.15, -0.1) is 11.3 Å². The van der Waals surface area contributed by atoms with Crippen LogP contribution in [0.1, 0.15) is 44.6 Å². The Morgan fingerprint density at radius 2 is 1.77 bits per heavy atom. The van der Waals surface area contributed by atoms with Crippen LogP contribution < -0.4 is 5.32 Å². The van der Waals surface area contributed by atoms with Crippen LogP contribution in [0.4, 0.5) is 5.69 Å². The van der Waals surface area contributed by atoms with E-state index in [0.717, 1.165) is 29.7 Å². The molecule has 0 aliphatic carbocycles. The van der Waals surface area contributed by atoms with Crippen molar-refractivity contribution in [2.75, 3.05) is 18.4 Å². The predicted molar refractivity (Wildman–Crippen MR) is 123 cm³/mol. The number of thiophene rings is 1. The fourth-order valence-electron chi connectivity index (χ4n) is 4.00. The summed E-state index contributed by atoms with van der Waals surface area (Å²) >= 11 is 1.40. The zero-order valence-corrected chi connectivity index (χ0v) is 17.7. The van der Waals surface area contributed by atoms with Crippen LogP contribution >= 0.6 is 11.3 Å². The number of nitrogens with one attached hydrogen (secondary N) is 2. The predicted octanol–water partition coefficient (Wildman–Crippen LogP) is 4.90. The monoisotopic (exact) mass is 430 g/mol. The Balaban J connectivity index is 1.19. The van der Waals surface area contributed by atoms with Crippen molar-refractivity contribution in [2.24, 2.45) is 0 Å². The van der Waals surface area contributed by atoms with Crippen LogP contribution in [0.15, 0.2) is 66.0 Å². The largest absolute Gasteiger partial charge is 0.342 e. The van der Waals surface area contributed by atoms with Crippen LogP contribution in [0.3, 0.4) is 0 Å². The number of nitrogens with zero attached hydrogens (tertiary/aromatic N) is 2. The molecule has 4 aromatic rings. The molecule has 3 heterocycles. The van der Waals surface area contributed by atoms with Gasteiger partial charge in [0, 0.05) is 30.3 Å². The second-order valence-corrected chi connectivity index (χ2v) is 8.66. The van der Waals surface area contributed by atoms with Gasteiger partial charge in [0.05, 0.1) is 15.9 Å². The highest BCUT2D eigenvalue weighted by atomic mass is 32.1. The first-order valence-electron chi connectivity index (χ1n) is 10.4. The van der Waals surface area contributed by atoms with E-state index >= 15 is 0 Å². The molecule has 156 valence electrons. The molecule has 1 aliphatic heterocycles. The number of fused-ring (bicyclic) bond motifs is 1. The molecule has 2 aromatic heterocycles. The van der Waals surface area contributed by atoms with Crippen molar-refractivity contribution in [3.63, 3.8) is 0 Å². The van der Waals surface area contributed by atoms with Gasteiger partial charge < -0.3 is 15.2 Å². The van der Waals surface area contributed by atoms with Crippen LogP contribution in [0.5, 0.6) is 0 Å². The molecule has 2 aromatic carbocycles. The number of hydrogen-bond donors (Lipinski definition) is 2. The Bertz CT molecular complexity index is 1170. The normalized spacial score (nSPS) is 14.6. The number of piperidine rings is 1. The third-order valence-corrected chi connectivity index (χ3v) is 6.58. The van der Waals surface area contributed by atoms with Gasteiger partial charge in [-0.25, -0.2) is 4.98 Å². The second kappa shape index (κ2) is 8.35. The van der Waals surface area contributed by atoms with E-state index in [0.29, 0.717) is 35.1 Å². The van der Waals surface area contributed by atoms with Gasteiger partial charge in [-0.1, -0.05) is 18.2 Å². The zero-order chi connectivity index (χ0) is 21.2. The van der Waals surface area contributed by atoms with Crippen molar-refractivity contribution in [1.29, 1.82) is 0 Å². The molecule has 31 heavy (non-hydrogen) atoms. The van der Waals surface area contributed by atoms with Gasteiger partial charge in [-0.2, -0.15) is 0 Å². The standard InChI is InChI=1S/C24H22N4O2S/c29-23(21-6-3-15-31-21)25-18-9-7-17(8-10-18)24(30)28-13-11-16(12-14-28)22-26-19-4-1-2-5-20(19)27-22/h1-10,15-16H,11-14H2,(H,25,29)(H,26,27). The lowest BCUT2D eigenvalue weighted by molar-refractivity contribution is 0.0711. The van der Waals surface area contributed by atoms with Gasteiger partial charge in [0.2, 0.25) is 0 Å². The van der Waals surface area contributed by atoms with E-state index in [1.54, 1.807) is 30.3 Å². The van der Waals surface area contributed by atoms with E-state index in [2.05, 4.69) is 10.3 Å². The Morgan fingerprint density at radius 1 is 1.00 bits per heavy atom. The molecule has 0 unspecified atom stereocenters. The third-order valence-electron chi connectivity index (χ3n) is 5.71. The molecule has 1 aliphatic rings. The Labute approximate surface area is 183 Å². The van der Waals surface area contributed by atoms with E-state index in [9.17, 15) is 9.59 Å². The second-order valence-electron chi connectivity index (χ2n) is 7.71. The average molecular weight is 431 g/mol. The van der Waals surface area contributed by atoms with Crippen molar-refractivity contribution in [3.8, 4) is 0 Å². The summed E-state index contributed by atoms with van der Waals surface area (Å²) in [5.74, 6) is 1.24. The van der Waals surface area contributed by atoms with Crippen molar-refractivity contribution < 1.29 is 9.59 Å². The van der Waals surface area contributed by atoms with Crippen LogP contribution in [-0.4, -0.2) is 39.8 Å². The molecule has 0 radical (unpaired) electrons. The number of aromatic nitrogens is 2. The van der Waals surface area contributed by atoms with E-state index < -0.39 is 0 Å². The topological polar surface area (TPSA) is 78.1 Å². The summed E-state index contributed by atoms with van der Waals surface area (Å²) in [6.07, 6.45) is 1.78. The van der Waals surface area contributed by atoms with E-state index in [1.807, 2.05) is 40.6 Å². The van der Waals surface area contributed by atoms with Crippen molar-refractivity contribution in [2.45, 2.75) is 18.8 Å². The van der Waals surface area contributed by atoms with E-state index in [4.69, 9.17) is 4.98 Å². The number of amides is 2. The van der Waals surface area contributed by atoms with Crippen LogP contribution in [0.25, 0.3) is 11.0 Å². The number of carbonyl (C=O) groups is 2. The first-order valence-corrected chi connectivity index (χ1v) is 11.2. The van der Waals surface area contributed by atoms with Gasteiger partial charge in [-0.3, -0.25) is 9.59 Å². The van der Waals surface area contributed by atoms with Crippen LogP contribution in [0, 0.1) is 0 Å². The van der Waals surface area contributed by atoms with Gasteiger partial charge in [0.1, 0.15) is 5.82 Å². The number of carbonyl (C=O) groups excluding carboxylic acids is 2. The Kier molecular flexibility index (Phi) is 5.26. The van der Waals surface area contributed by atoms with Gasteiger partial charge >= 0.3 is 0 Å². The number of benzene rings is 2. The fraction of sp³-hybridized carbons (Fsp3) is 0.208. The average Bonchev–Trinajstić information content (AvgIpc) is 3.49. The van der Waals surface area contributed by atoms with E-state index in [1.165, 1.54) is 11.3 Å². The summed E-state index contributed by atoms with van der Waals surface area (Å²) in [7, 11) is 0. The molecular weight excluding hydrogens is 408 g/mol. The Morgan fingerprint density at radius 3 is 2.48 bits per heavy atom. The minimum Gasteiger partial charge on any atom is -0.342 e. The molecule has 0 atom stereocenters. The molecule has 0 saturated carbocycles. The number of rotatable bonds is 4. The first-order chi connectivity index (χ1) is 15.2. The molecular formula is C24H22N4O2S. The minimum atomic E-state index is -0.137. The van der Waals surface area contributed by atoms with Gasteiger partial charge in [0.15, 0.2) is 0 Å². The number of anilines is 1. The maximum Gasteiger partial charge on any atom is 0.265 e. The number of aromatic amines is 1. The lowest BCUT2D eigenvalue weighted by Gasteiger charge is -2.31.